The van der Waals surface area contributed by atoms with E-state index in [9.17, 15) is 4.79 Å². The first-order valence-corrected chi connectivity index (χ1v) is 5.47. The normalized spacial score (nSPS) is 25.4. The summed E-state index contributed by atoms with van der Waals surface area (Å²) in [5.41, 5.74) is 7.24. The van der Waals surface area contributed by atoms with Crippen LogP contribution in [0.2, 0.25) is 0 Å². The molecular weight excluding hydrogens is 204 g/mol. The zero-order chi connectivity index (χ0) is 11.5. The lowest BCUT2D eigenvalue weighted by molar-refractivity contribution is 0.126. The lowest BCUT2D eigenvalue weighted by atomic mass is 9.86. The van der Waals surface area contributed by atoms with Crippen LogP contribution in [-0.2, 0) is 0 Å². The summed E-state index contributed by atoms with van der Waals surface area (Å²) in [6, 6.07) is 9.97. The lowest BCUT2D eigenvalue weighted by Gasteiger charge is -2.35. The summed E-state index contributed by atoms with van der Waals surface area (Å²) < 4.78 is 0. The third kappa shape index (κ3) is 2.17. The van der Waals surface area contributed by atoms with Crippen molar-refractivity contribution in [2.24, 2.45) is 5.73 Å². The van der Waals surface area contributed by atoms with Crippen LogP contribution < -0.4 is 5.73 Å². The van der Waals surface area contributed by atoms with Crippen molar-refractivity contribution >= 4 is 6.09 Å². The molecule has 0 aromatic heterocycles. The minimum atomic E-state index is -0.873. The molecule has 86 valence electrons. The Hall–Kier alpha value is -1.55. The molecular formula is C12H16N2O2. The molecule has 4 nitrogen and oxygen atoms in total. The Kier molecular flexibility index (Phi) is 3.10. The van der Waals surface area contributed by atoms with Gasteiger partial charge in [0.25, 0.3) is 0 Å². The Morgan fingerprint density at radius 2 is 2.06 bits per heavy atom. The fourth-order valence-corrected chi connectivity index (χ4v) is 2.27. The van der Waals surface area contributed by atoms with E-state index >= 15 is 0 Å². The molecule has 3 N–H and O–H groups in total. The average molecular weight is 220 g/mol. The van der Waals surface area contributed by atoms with E-state index in [1.165, 1.54) is 10.5 Å². The highest BCUT2D eigenvalue weighted by Crippen LogP contribution is 2.26. The molecule has 16 heavy (non-hydrogen) atoms. The number of nitrogens with zero attached hydrogens (tertiary/aromatic N) is 1. The topological polar surface area (TPSA) is 66.6 Å². The highest BCUT2D eigenvalue weighted by Gasteiger charge is 2.29. The summed E-state index contributed by atoms with van der Waals surface area (Å²) in [5.74, 6) is 0.275. The van der Waals surface area contributed by atoms with E-state index in [1.54, 1.807) is 0 Å². The number of carboxylic acid groups (broad SMARTS) is 1. The second kappa shape index (κ2) is 4.53. The van der Waals surface area contributed by atoms with Gasteiger partial charge in [0.1, 0.15) is 0 Å². The van der Waals surface area contributed by atoms with Crippen LogP contribution in [0.5, 0.6) is 0 Å². The van der Waals surface area contributed by atoms with Crippen LogP contribution in [0.25, 0.3) is 0 Å². The number of benzene rings is 1. The molecule has 1 heterocycles. The Bertz CT molecular complexity index is 367. The van der Waals surface area contributed by atoms with E-state index in [0.717, 1.165) is 6.42 Å². The Morgan fingerprint density at radius 1 is 1.38 bits per heavy atom. The molecule has 1 amide bonds. The maximum atomic E-state index is 10.8. The molecule has 0 radical (unpaired) electrons. The summed E-state index contributed by atoms with van der Waals surface area (Å²) in [4.78, 5) is 12.2. The van der Waals surface area contributed by atoms with Gasteiger partial charge in [-0.2, -0.15) is 0 Å². The molecule has 1 fully saturated rings. The van der Waals surface area contributed by atoms with Crippen LogP contribution in [0.15, 0.2) is 30.3 Å². The van der Waals surface area contributed by atoms with Gasteiger partial charge >= 0.3 is 6.09 Å². The predicted octanol–water partition coefficient (Wildman–Crippen LogP) is 1.48. The van der Waals surface area contributed by atoms with Gasteiger partial charge in [-0.05, 0) is 12.0 Å². The second-order valence-corrected chi connectivity index (χ2v) is 4.20. The lowest BCUT2D eigenvalue weighted by Crippen LogP contribution is -2.49. The van der Waals surface area contributed by atoms with E-state index in [0.29, 0.717) is 13.1 Å². The second-order valence-electron chi connectivity index (χ2n) is 4.20. The van der Waals surface area contributed by atoms with Gasteiger partial charge in [0.2, 0.25) is 0 Å². The predicted molar refractivity (Wildman–Crippen MR) is 61.4 cm³/mol. The SMILES string of the molecule is N[C@@H]1CN(C(=O)O)CC[C@H]1c1ccccc1. The van der Waals surface area contributed by atoms with Gasteiger partial charge in [0.05, 0.1) is 0 Å². The van der Waals surface area contributed by atoms with Crippen molar-refractivity contribution in [1.29, 1.82) is 0 Å². The van der Waals surface area contributed by atoms with Crippen LogP contribution in [0, 0.1) is 0 Å². The highest BCUT2D eigenvalue weighted by molar-refractivity contribution is 5.65. The quantitative estimate of drug-likeness (QED) is 0.753. The van der Waals surface area contributed by atoms with E-state index in [4.69, 9.17) is 10.8 Å². The fourth-order valence-electron chi connectivity index (χ4n) is 2.27. The van der Waals surface area contributed by atoms with Gasteiger partial charge in [-0.15, -0.1) is 0 Å². The molecule has 1 aliphatic heterocycles. The van der Waals surface area contributed by atoms with Crippen molar-refractivity contribution in [3.63, 3.8) is 0 Å². The monoisotopic (exact) mass is 220 g/mol. The zero-order valence-electron chi connectivity index (χ0n) is 9.04. The number of amides is 1. The Morgan fingerprint density at radius 3 is 2.62 bits per heavy atom. The molecule has 0 bridgehead atoms. The summed E-state index contributed by atoms with van der Waals surface area (Å²) in [6.07, 6.45) is -0.0701. The van der Waals surface area contributed by atoms with E-state index in [2.05, 4.69) is 12.1 Å². The first-order chi connectivity index (χ1) is 7.68. The zero-order valence-corrected chi connectivity index (χ0v) is 9.04. The molecule has 1 aromatic rings. The summed E-state index contributed by atoms with van der Waals surface area (Å²) >= 11 is 0. The van der Waals surface area contributed by atoms with Crippen molar-refractivity contribution in [3.8, 4) is 0 Å². The van der Waals surface area contributed by atoms with Gasteiger partial charge in [-0.3, -0.25) is 0 Å². The standard InChI is InChI=1S/C12H16N2O2/c13-11-8-14(12(15)16)7-6-10(11)9-4-2-1-3-5-9/h1-5,10-11H,6-8,13H2,(H,15,16)/t10-,11+/m0/s1. The van der Waals surface area contributed by atoms with Gasteiger partial charge in [-0.25, -0.2) is 4.79 Å². The minimum absolute atomic E-state index is 0.104. The maximum Gasteiger partial charge on any atom is 0.407 e. The highest BCUT2D eigenvalue weighted by atomic mass is 16.4. The Balaban J connectivity index is 2.08. The van der Waals surface area contributed by atoms with Crippen LogP contribution in [0.3, 0.4) is 0 Å². The summed E-state index contributed by atoms with van der Waals surface area (Å²) in [5, 5.41) is 8.88. The number of nitrogens with two attached hydrogens (primary N) is 1. The summed E-state index contributed by atoms with van der Waals surface area (Å²) in [7, 11) is 0. The van der Waals surface area contributed by atoms with Gasteiger partial charge < -0.3 is 15.7 Å². The number of hydrogen-bond donors (Lipinski definition) is 2. The molecule has 1 aromatic carbocycles. The number of likely N-dealkylation sites (tertiary alicyclic amines) is 1. The van der Waals surface area contributed by atoms with E-state index < -0.39 is 6.09 Å². The van der Waals surface area contributed by atoms with Crippen LogP contribution in [0.1, 0.15) is 17.9 Å². The number of carbonyl (C=O) groups is 1. The maximum absolute atomic E-state index is 10.8. The molecule has 2 rings (SSSR count). The third-order valence-electron chi connectivity index (χ3n) is 3.16. The average Bonchev–Trinajstić information content (AvgIpc) is 2.30. The smallest absolute Gasteiger partial charge is 0.407 e. The van der Waals surface area contributed by atoms with Gasteiger partial charge in [0, 0.05) is 25.0 Å². The molecule has 1 aliphatic rings. The van der Waals surface area contributed by atoms with Crippen molar-refractivity contribution in [2.45, 2.75) is 18.4 Å². The largest absolute Gasteiger partial charge is 0.465 e. The van der Waals surface area contributed by atoms with Crippen LogP contribution in [-0.4, -0.2) is 35.2 Å². The van der Waals surface area contributed by atoms with Gasteiger partial charge in [0.15, 0.2) is 0 Å². The number of hydrogen-bond acceptors (Lipinski definition) is 2. The molecule has 2 atom stereocenters. The van der Waals surface area contributed by atoms with E-state index in [1.807, 2.05) is 18.2 Å². The summed E-state index contributed by atoms with van der Waals surface area (Å²) in [6.45, 7) is 0.998. The van der Waals surface area contributed by atoms with E-state index in [-0.39, 0.29) is 12.0 Å². The molecule has 0 saturated carbocycles. The third-order valence-corrected chi connectivity index (χ3v) is 3.16. The molecule has 0 aliphatic carbocycles. The molecule has 1 saturated heterocycles. The fraction of sp³-hybridized carbons (Fsp3) is 0.417. The number of piperidine rings is 1. The number of rotatable bonds is 1. The molecule has 4 heteroatoms. The molecule has 0 spiro atoms. The minimum Gasteiger partial charge on any atom is -0.465 e. The van der Waals surface area contributed by atoms with Crippen molar-refractivity contribution in [3.05, 3.63) is 35.9 Å². The first-order valence-electron chi connectivity index (χ1n) is 5.47. The van der Waals surface area contributed by atoms with Crippen molar-refractivity contribution in [1.82, 2.24) is 4.90 Å². The van der Waals surface area contributed by atoms with Crippen molar-refractivity contribution < 1.29 is 9.90 Å². The van der Waals surface area contributed by atoms with Crippen molar-refractivity contribution in [2.75, 3.05) is 13.1 Å². The first kappa shape index (κ1) is 11.0. The Labute approximate surface area is 94.7 Å². The van der Waals surface area contributed by atoms with Gasteiger partial charge in [-0.1, -0.05) is 30.3 Å². The van der Waals surface area contributed by atoms with Crippen LogP contribution in [0.4, 0.5) is 4.79 Å². The van der Waals surface area contributed by atoms with Crippen LogP contribution >= 0.6 is 0 Å². The molecule has 0 unspecified atom stereocenters.